The smallest absolute Gasteiger partial charge is 0.185 e. The zero-order chi connectivity index (χ0) is 15.4. The number of hydrogen-bond donors (Lipinski definition) is 0. The fraction of sp³-hybridized carbons (Fsp3) is 0.0556. The molecular weight excluding hydrogens is 283 g/mol. The predicted molar refractivity (Wildman–Crippen MR) is 80.3 cm³/mol. The second-order valence-corrected chi connectivity index (χ2v) is 4.76. The normalized spacial score (nSPS) is 10.4. The summed E-state index contributed by atoms with van der Waals surface area (Å²) in [6, 6.07) is 16.9. The van der Waals surface area contributed by atoms with Crippen molar-refractivity contribution >= 4 is 6.29 Å². The molecule has 1 aromatic heterocycles. The lowest BCUT2D eigenvalue weighted by Gasteiger charge is -2.07. The molecule has 3 rings (SSSR count). The van der Waals surface area contributed by atoms with Gasteiger partial charge in [0.15, 0.2) is 12.0 Å². The van der Waals surface area contributed by atoms with E-state index in [-0.39, 0.29) is 11.6 Å². The monoisotopic (exact) mass is 296 g/mol. The molecule has 0 bridgehead atoms. The highest BCUT2D eigenvalue weighted by atomic mass is 19.1. The Labute approximate surface area is 127 Å². The molecule has 0 aliphatic rings. The van der Waals surface area contributed by atoms with Gasteiger partial charge in [0.1, 0.15) is 23.9 Å². The Morgan fingerprint density at radius 1 is 1.05 bits per heavy atom. The van der Waals surface area contributed by atoms with E-state index in [1.54, 1.807) is 24.3 Å². The Hall–Kier alpha value is -2.88. The van der Waals surface area contributed by atoms with E-state index in [1.165, 1.54) is 12.1 Å². The van der Waals surface area contributed by atoms with Crippen LogP contribution in [-0.4, -0.2) is 6.29 Å². The van der Waals surface area contributed by atoms with Gasteiger partial charge in [0, 0.05) is 5.56 Å². The lowest BCUT2D eigenvalue weighted by atomic mass is 10.1. The van der Waals surface area contributed by atoms with Gasteiger partial charge < -0.3 is 9.15 Å². The lowest BCUT2D eigenvalue weighted by molar-refractivity contribution is 0.110. The predicted octanol–water partition coefficient (Wildman–Crippen LogP) is 4.48. The van der Waals surface area contributed by atoms with Gasteiger partial charge in [0.25, 0.3) is 0 Å². The summed E-state index contributed by atoms with van der Waals surface area (Å²) in [5, 5.41) is 0. The SMILES string of the molecule is O=Cc1ccc(-c2cccc(OCc3ccc(F)cc3)c2)o1. The second kappa shape index (κ2) is 6.26. The highest BCUT2D eigenvalue weighted by Crippen LogP contribution is 2.25. The van der Waals surface area contributed by atoms with Crippen molar-refractivity contribution in [3.8, 4) is 17.1 Å². The van der Waals surface area contributed by atoms with Gasteiger partial charge in [-0.25, -0.2) is 4.39 Å². The van der Waals surface area contributed by atoms with Crippen LogP contribution in [0, 0.1) is 5.82 Å². The van der Waals surface area contributed by atoms with E-state index in [0.717, 1.165) is 11.1 Å². The van der Waals surface area contributed by atoms with E-state index >= 15 is 0 Å². The Bertz CT molecular complexity index is 775. The first kappa shape index (κ1) is 14.1. The molecule has 0 saturated heterocycles. The highest BCUT2D eigenvalue weighted by Gasteiger charge is 2.05. The molecule has 0 saturated carbocycles. The quantitative estimate of drug-likeness (QED) is 0.652. The summed E-state index contributed by atoms with van der Waals surface area (Å²) in [6.45, 7) is 0.349. The molecule has 3 nitrogen and oxygen atoms in total. The Morgan fingerprint density at radius 3 is 2.59 bits per heavy atom. The van der Waals surface area contributed by atoms with Crippen LogP contribution in [0.25, 0.3) is 11.3 Å². The largest absolute Gasteiger partial charge is 0.489 e. The molecule has 22 heavy (non-hydrogen) atoms. The summed E-state index contributed by atoms with van der Waals surface area (Å²) in [6.07, 6.45) is 0.665. The number of carbonyl (C=O) groups excluding carboxylic acids is 1. The molecule has 0 amide bonds. The zero-order valence-corrected chi connectivity index (χ0v) is 11.7. The number of carbonyl (C=O) groups is 1. The van der Waals surface area contributed by atoms with E-state index in [1.807, 2.05) is 24.3 Å². The molecule has 3 aromatic rings. The Balaban J connectivity index is 1.73. The number of rotatable bonds is 5. The van der Waals surface area contributed by atoms with Gasteiger partial charge in [-0.2, -0.15) is 0 Å². The molecule has 0 aliphatic carbocycles. The number of halogens is 1. The van der Waals surface area contributed by atoms with E-state index in [9.17, 15) is 9.18 Å². The minimum absolute atomic E-state index is 0.269. The number of aldehydes is 1. The number of ether oxygens (including phenoxy) is 1. The minimum Gasteiger partial charge on any atom is -0.489 e. The average Bonchev–Trinajstić information content (AvgIpc) is 3.04. The molecule has 110 valence electrons. The molecule has 0 spiro atoms. The van der Waals surface area contributed by atoms with Gasteiger partial charge >= 0.3 is 0 Å². The van der Waals surface area contributed by atoms with Crippen molar-refractivity contribution in [2.45, 2.75) is 6.61 Å². The third kappa shape index (κ3) is 3.23. The molecule has 0 atom stereocenters. The van der Waals surface area contributed by atoms with Crippen LogP contribution in [0.15, 0.2) is 65.1 Å². The van der Waals surface area contributed by atoms with Crippen LogP contribution < -0.4 is 4.74 Å². The molecule has 0 radical (unpaired) electrons. The first-order chi connectivity index (χ1) is 10.7. The fourth-order valence-electron chi connectivity index (χ4n) is 2.06. The van der Waals surface area contributed by atoms with Crippen molar-refractivity contribution in [2.24, 2.45) is 0 Å². The topological polar surface area (TPSA) is 39.4 Å². The number of hydrogen-bond acceptors (Lipinski definition) is 3. The van der Waals surface area contributed by atoms with Crippen LogP contribution in [0.4, 0.5) is 4.39 Å². The van der Waals surface area contributed by atoms with E-state index in [4.69, 9.17) is 9.15 Å². The Kier molecular flexibility index (Phi) is 4.01. The van der Waals surface area contributed by atoms with Gasteiger partial charge in [-0.1, -0.05) is 24.3 Å². The van der Waals surface area contributed by atoms with Crippen LogP contribution in [0.2, 0.25) is 0 Å². The van der Waals surface area contributed by atoms with E-state index in [0.29, 0.717) is 24.4 Å². The molecule has 2 aromatic carbocycles. The molecule has 0 fully saturated rings. The van der Waals surface area contributed by atoms with Crippen molar-refractivity contribution in [3.63, 3.8) is 0 Å². The van der Waals surface area contributed by atoms with Gasteiger partial charge in [0.2, 0.25) is 0 Å². The van der Waals surface area contributed by atoms with Crippen LogP contribution in [-0.2, 0) is 6.61 Å². The first-order valence-corrected chi connectivity index (χ1v) is 6.77. The summed E-state index contributed by atoms with van der Waals surface area (Å²) in [5.74, 6) is 1.29. The third-order valence-corrected chi connectivity index (χ3v) is 3.18. The lowest BCUT2D eigenvalue weighted by Crippen LogP contribution is -1.95. The first-order valence-electron chi connectivity index (χ1n) is 6.77. The van der Waals surface area contributed by atoms with E-state index < -0.39 is 0 Å². The van der Waals surface area contributed by atoms with Gasteiger partial charge in [-0.3, -0.25) is 4.79 Å². The van der Waals surface area contributed by atoms with Gasteiger partial charge in [-0.15, -0.1) is 0 Å². The Morgan fingerprint density at radius 2 is 1.86 bits per heavy atom. The molecule has 1 heterocycles. The maximum Gasteiger partial charge on any atom is 0.185 e. The van der Waals surface area contributed by atoms with Crippen molar-refractivity contribution in [1.29, 1.82) is 0 Å². The standard InChI is InChI=1S/C18H13FO3/c19-15-6-4-13(5-7-15)12-21-16-3-1-2-14(10-16)18-9-8-17(11-20)22-18/h1-11H,12H2. The maximum atomic E-state index is 12.8. The van der Waals surface area contributed by atoms with Crippen LogP contribution in [0.5, 0.6) is 5.75 Å². The summed E-state index contributed by atoms with van der Waals surface area (Å²) >= 11 is 0. The zero-order valence-electron chi connectivity index (χ0n) is 11.7. The summed E-state index contributed by atoms with van der Waals surface area (Å²) in [4.78, 5) is 10.7. The van der Waals surface area contributed by atoms with Crippen molar-refractivity contribution in [1.82, 2.24) is 0 Å². The van der Waals surface area contributed by atoms with Crippen LogP contribution in [0.3, 0.4) is 0 Å². The summed E-state index contributed by atoms with van der Waals surface area (Å²) in [5.41, 5.74) is 1.71. The second-order valence-electron chi connectivity index (χ2n) is 4.76. The minimum atomic E-state index is -0.269. The molecule has 0 aliphatic heterocycles. The van der Waals surface area contributed by atoms with Crippen LogP contribution in [0.1, 0.15) is 16.1 Å². The number of furan rings is 1. The van der Waals surface area contributed by atoms with Crippen molar-refractivity contribution in [2.75, 3.05) is 0 Å². The van der Waals surface area contributed by atoms with Gasteiger partial charge in [-0.05, 0) is 42.0 Å². The summed E-state index contributed by atoms with van der Waals surface area (Å²) in [7, 11) is 0. The van der Waals surface area contributed by atoms with Crippen molar-refractivity contribution < 1.29 is 18.3 Å². The van der Waals surface area contributed by atoms with Crippen LogP contribution >= 0.6 is 0 Å². The summed E-state index contributed by atoms with van der Waals surface area (Å²) < 4.78 is 23.9. The molecular formula is C18H13FO3. The van der Waals surface area contributed by atoms with Gasteiger partial charge in [0.05, 0.1) is 0 Å². The molecule has 4 heteroatoms. The highest BCUT2D eigenvalue weighted by molar-refractivity contribution is 5.73. The van der Waals surface area contributed by atoms with E-state index in [2.05, 4.69) is 0 Å². The number of benzene rings is 2. The maximum absolute atomic E-state index is 12.8. The van der Waals surface area contributed by atoms with Crippen molar-refractivity contribution in [3.05, 3.63) is 77.8 Å². The fourth-order valence-corrected chi connectivity index (χ4v) is 2.06. The molecule has 0 unspecified atom stereocenters. The average molecular weight is 296 g/mol. The molecule has 0 N–H and O–H groups in total. The third-order valence-electron chi connectivity index (χ3n) is 3.18.